The van der Waals surface area contributed by atoms with Crippen LogP contribution in [0.15, 0.2) is 36.4 Å². The Labute approximate surface area is 191 Å². The van der Waals surface area contributed by atoms with Crippen LogP contribution in [0.25, 0.3) is 0 Å². The van der Waals surface area contributed by atoms with Crippen LogP contribution in [0.3, 0.4) is 0 Å². The normalized spacial score (nSPS) is 16.8. The summed E-state index contributed by atoms with van der Waals surface area (Å²) in [7, 11) is 0. The molecule has 2 fully saturated rings. The molecule has 32 heavy (non-hydrogen) atoms. The number of hydrogen-bond donors (Lipinski definition) is 0. The van der Waals surface area contributed by atoms with Crippen molar-refractivity contribution in [3.8, 4) is 5.75 Å². The third-order valence-corrected chi connectivity index (χ3v) is 6.33. The van der Waals surface area contributed by atoms with Crippen LogP contribution in [0.2, 0.25) is 0 Å². The van der Waals surface area contributed by atoms with Crippen LogP contribution < -0.4 is 14.5 Å². The third-order valence-electron chi connectivity index (χ3n) is 6.33. The van der Waals surface area contributed by atoms with E-state index in [0.29, 0.717) is 18.7 Å². The summed E-state index contributed by atoms with van der Waals surface area (Å²) in [6, 6.07) is 11.7. The maximum atomic E-state index is 12.9. The molecule has 7 nitrogen and oxygen atoms in total. The van der Waals surface area contributed by atoms with Gasteiger partial charge >= 0.3 is 0 Å². The maximum absolute atomic E-state index is 12.9. The van der Waals surface area contributed by atoms with Crippen molar-refractivity contribution in [3.63, 3.8) is 0 Å². The molecule has 2 aliphatic heterocycles. The van der Waals surface area contributed by atoms with Crippen molar-refractivity contribution < 1.29 is 9.53 Å². The summed E-state index contributed by atoms with van der Waals surface area (Å²) >= 11 is 0. The van der Waals surface area contributed by atoms with Crippen molar-refractivity contribution in [1.82, 2.24) is 15.1 Å². The standard InChI is InChI=1S/C25H35N5O2/c1-2-3-7-20-32-22-10-8-21(9-11-22)25(31)30-18-16-29(17-19-30)24-13-12-23(26-27-24)28-14-5-4-6-15-28/h8-13H,2-7,14-20H2,1H3. The first-order valence-electron chi connectivity index (χ1n) is 12.1. The summed E-state index contributed by atoms with van der Waals surface area (Å²) in [6.07, 6.45) is 7.19. The number of carbonyl (C=O) groups is 1. The molecule has 1 aromatic heterocycles. The Morgan fingerprint density at radius 2 is 1.44 bits per heavy atom. The van der Waals surface area contributed by atoms with Gasteiger partial charge in [-0.2, -0.15) is 0 Å². The number of piperazine rings is 1. The summed E-state index contributed by atoms with van der Waals surface area (Å²) in [5, 5.41) is 8.93. The second-order valence-electron chi connectivity index (χ2n) is 8.66. The lowest BCUT2D eigenvalue weighted by Crippen LogP contribution is -2.49. The molecule has 0 saturated carbocycles. The summed E-state index contributed by atoms with van der Waals surface area (Å²) in [6.45, 7) is 7.95. The van der Waals surface area contributed by atoms with E-state index in [1.54, 1.807) is 0 Å². The lowest BCUT2D eigenvalue weighted by atomic mass is 10.1. The van der Waals surface area contributed by atoms with Gasteiger partial charge in [-0.1, -0.05) is 19.8 Å². The lowest BCUT2D eigenvalue weighted by Gasteiger charge is -2.35. The zero-order valence-corrected chi connectivity index (χ0v) is 19.2. The van der Waals surface area contributed by atoms with E-state index in [0.717, 1.165) is 56.6 Å². The maximum Gasteiger partial charge on any atom is 0.253 e. The number of nitrogens with zero attached hydrogens (tertiary/aromatic N) is 5. The average molecular weight is 438 g/mol. The van der Waals surface area contributed by atoms with Gasteiger partial charge in [0.25, 0.3) is 5.91 Å². The minimum absolute atomic E-state index is 0.0775. The topological polar surface area (TPSA) is 61.8 Å². The Morgan fingerprint density at radius 1 is 0.812 bits per heavy atom. The molecule has 1 amide bonds. The van der Waals surface area contributed by atoms with Gasteiger partial charge < -0.3 is 19.4 Å². The molecular weight excluding hydrogens is 402 g/mol. The van der Waals surface area contributed by atoms with E-state index >= 15 is 0 Å². The molecule has 7 heteroatoms. The van der Waals surface area contributed by atoms with Crippen LogP contribution in [-0.2, 0) is 0 Å². The minimum Gasteiger partial charge on any atom is -0.494 e. The van der Waals surface area contributed by atoms with Gasteiger partial charge in [-0.25, -0.2) is 0 Å². The molecule has 0 bridgehead atoms. The Hall–Kier alpha value is -2.83. The lowest BCUT2D eigenvalue weighted by molar-refractivity contribution is 0.0746. The predicted octanol–water partition coefficient (Wildman–Crippen LogP) is 4.00. The molecule has 3 heterocycles. The first kappa shape index (κ1) is 22.4. The smallest absolute Gasteiger partial charge is 0.253 e. The van der Waals surface area contributed by atoms with E-state index in [2.05, 4.69) is 39.1 Å². The van der Waals surface area contributed by atoms with Gasteiger partial charge in [0.15, 0.2) is 11.6 Å². The van der Waals surface area contributed by atoms with E-state index in [4.69, 9.17) is 4.74 Å². The van der Waals surface area contributed by atoms with Crippen molar-refractivity contribution in [2.45, 2.75) is 45.4 Å². The fourth-order valence-corrected chi connectivity index (χ4v) is 4.34. The monoisotopic (exact) mass is 437 g/mol. The van der Waals surface area contributed by atoms with Crippen LogP contribution in [0.4, 0.5) is 11.6 Å². The van der Waals surface area contributed by atoms with Gasteiger partial charge in [0.1, 0.15) is 5.75 Å². The van der Waals surface area contributed by atoms with Gasteiger partial charge in [-0.05, 0) is 62.1 Å². The van der Waals surface area contributed by atoms with Crippen LogP contribution in [0.1, 0.15) is 55.8 Å². The SMILES string of the molecule is CCCCCOc1ccc(C(=O)N2CCN(c3ccc(N4CCCCC4)nn3)CC2)cc1. The molecule has 0 aliphatic carbocycles. The number of benzene rings is 1. The molecular formula is C25H35N5O2. The highest BCUT2D eigenvalue weighted by Gasteiger charge is 2.23. The van der Waals surface area contributed by atoms with Crippen molar-refractivity contribution >= 4 is 17.5 Å². The summed E-state index contributed by atoms with van der Waals surface area (Å²) < 4.78 is 5.75. The highest BCUT2D eigenvalue weighted by atomic mass is 16.5. The van der Waals surface area contributed by atoms with E-state index < -0.39 is 0 Å². The first-order chi connectivity index (χ1) is 15.7. The van der Waals surface area contributed by atoms with Crippen LogP contribution in [-0.4, -0.2) is 66.9 Å². The van der Waals surface area contributed by atoms with Crippen molar-refractivity contribution in [2.75, 3.05) is 55.7 Å². The number of anilines is 2. The number of piperidine rings is 1. The Bertz CT molecular complexity index is 842. The average Bonchev–Trinajstić information content (AvgIpc) is 2.87. The number of hydrogen-bond acceptors (Lipinski definition) is 6. The zero-order valence-electron chi connectivity index (χ0n) is 19.2. The van der Waals surface area contributed by atoms with Crippen molar-refractivity contribution in [2.24, 2.45) is 0 Å². The Kier molecular flexibility index (Phi) is 7.80. The number of rotatable bonds is 8. The Morgan fingerprint density at radius 3 is 2.03 bits per heavy atom. The molecule has 2 saturated heterocycles. The molecule has 172 valence electrons. The van der Waals surface area contributed by atoms with E-state index in [1.165, 1.54) is 32.1 Å². The highest BCUT2D eigenvalue weighted by Crippen LogP contribution is 2.21. The molecule has 1 aromatic carbocycles. The van der Waals surface area contributed by atoms with Crippen LogP contribution >= 0.6 is 0 Å². The minimum atomic E-state index is 0.0775. The Balaban J connectivity index is 1.26. The van der Waals surface area contributed by atoms with Gasteiger partial charge in [0.05, 0.1) is 6.61 Å². The van der Waals surface area contributed by atoms with Crippen LogP contribution in [0, 0.1) is 0 Å². The van der Waals surface area contributed by atoms with Crippen LogP contribution in [0.5, 0.6) is 5.75 Å². The molecule has 2 aromatic rings. The fourth-order valence-electron chi connectivity index (χ4n) is 4.34. The molecule has 4 rings (SSSR count). The molecule has 0 radical (unpaired) electrons. The quantitative estimate of drug-likeness (QED) is 0.582. The second-order valence-corrected chi connectivity index (χ2v) is 8.66. The third kappa shape index (κ3) is 5.69. The molecule has 0 spiro atoms. The molecule has 0 unspecified atom stereocenters. The molecule has 0 N–H and O–H groups in total. The fraction of sp³-hybridized carbons (Fsp3) is 0.560. The number of carbonyl (C=O) groups excluding carboxylic acids is 1. The van der Waals surface area contributed by atoms with Gasteiger partial charge in [0, 0.05) is 44.8 Å². The van der Waals surface area contributed by atoms with Gasteiger partial charge in [-0.15, -0.1) is 10.2 Å². The van der Waals surface area contributed by atoms with Crippen molar-refractivity contribution in [3.05, 3.63) is 42.0 Å². The number of amides is 1. The molecule has 2 aliphatic rings. The second kappa shape index (κ2) is 11.2. The number of unbranched alkanes of at least 4 members (excludes halogenated alkanes) is 2. The van der Waals surface area contributed by atoms with E-state index in [1.807, 2.05) is 29.2 Å². The number of ether oxygens (including phenoxy) is 1. The first-order valence-corrected chi connectivity index (χ1v) is 12.1. The number of aromatic nitrogens is 2. The summed E-state index contributed by atoms with van der Waals surface area (Å²) in [4.78, 5) is 19.4. The van der Waals surface area contributed by atoms with Gasteiger partial charge in [-0.3, -0.25) is 4.79 Å². The summed E-state index contributed by atoms with van der Waals surface area (Å²) in [5.74, 6) is 2.77. The summed E-state index contributed by atoms with van der Waals surface area (Å²) in [5.41, 5.74) is 0.713. The highest BCUT2D eigenvalue weighted by molar-refractivity contribution is 5.94. The predicted molar refractivity (Wildman–Crippen MR) is 128 cm³/mol. The zero-order chi connectivity index (χ0) is 22.2. The largest absolute Gasteiger partial charge is 0.494 e. The van der Waals surface area contributed by atoms with Crippen molar-refractivity contribution in [1.29, 1.82) is 0 Å². The van der Waals surface area contributed by atoms with Gasteiger partial charge in [0.2, 0.25) is 0 Å². The van der Waals surface area contributed by atoms with E-state index in [9.17, 15) is 4.79 Å². The molecule has 0 atom stereocenters. The van der Waals surface area contributed by atoms with E-state index in [-0.39, 0.29) is 5.91 Å².